The number of aromatic nitrogens is 1. The first-order valence-electron chi connectivity index (χ1n) is 6.70. The average Bonchev–Trinajstić information content (AvgIpc) is 2.77. The van der Waals surface area contributed by atoms with Crippen molar-refractivity contribution in [3.05, 3.63) is 30.0 Å². The van der Waals surface area contributed by atoms with Gasteiger partial charge in [0.25, 0.3) is 5.91 Å². The van der Waals surface area contributed by atoms with E-state index in [0.29, 0.717) is 11.1 Å². The first-order chi connectivity index (χ1) is 10.2. The predicted molar refractivity (Wildman–Crippen MR) is 80.0 cm³/mol. The SMILES string of the molecule is CCC.NNC(=O)c1cc2c(N)cccc2n1CC(F)(F)F. The molecule has 5 N–H and O–H groups in total. The van der Waals surface area contributed by atoms with Crippen molar-refractivity contribution in [1.82, 2.24) is 9.99 Å². The number of benzene rings is 1. The Hall–Kier alpha value is -2.22. The van der Waals surface area contributed by atoms with Gasteiger partial charge in [-0.3, -0.25) is 10.2 Å². The van der Waals surface area contributed by atoms with Gasteiger partial charge >= 0.3 is 6.18 Å². The summed E-state index contributed by atoms with van der Waals surface area (Å²) in [6.45, 7) is 2.96. The molecule has 0 radical (unpaired) electrons. The number of hydrogen-bond donors (Lipinski definition) is 3. The molecular formula is C14H19F3N4O. The van der Waals surface area contributed by atoms with Crippen molar-refractivity contribution in [3.63, 3.8) is 0 Å². The van der Waals surface area contributed by atoms with Crippen LogP contribution in [-0.4, -0.2) is 16.7 Å². The summed E-state index contributed by atoms with van der Waals surface area (Å²) in [6.07, 6.45) is -3.21. The van der Waals surface area contributed by atoms with Gasteiger partial charge in [0.15, 0.2) is 0 Å². The maximum Gasteiger partial charge on any atom is 0.406 e. The Morgan fingerprint density at radius 3 is 2.41 bits per heavy atom. The number of nitrogens with zero attached hydrogens (tertiary/aromatic N) is 1. The molecule has 0 saturated heterocycles. The Morgan fingerprint density at radius 2 is 1.91 bits per heavy atom. The van der Waals surface area contributed by atoms with Gasteiger partial charge in [-0.15, -0.1) is 0 Å². The molecule has 5 nitrogen and oxygen atoms in total. The molecule has 1 aromatic carbocycles. The van der Waals surface area contributed by atoms with Gasteiger partial charge < -0.3 is 10.3 Å². The van der Waals surface area contributed by atoms with Crippen LogP contribution >= 0.6 is 0 Å². The topological polar surface area (TPSA) is 86.1 Å². The van der Waals surface area contributed by atoms with Crippen molar-refractivity contribution < 1.29 is 18.0 Å². The van der Waals surface area contributed by atoms with Crippen molar-refractivity contribution in [2.45, 2.75) is 33.0 Å². The fourth-order valence-electron chi connectivity index (χ4n) is 1.92. The number of nitrogen functional groups attached to an aromatic ring is 2. The van der Waals surface area contributed by atoms with Crippen LogP contribution in [0.4, 0.5) is 18.9 Å². The average molecular weight is 316 g/mol. The molecular weight excluding hydrogens is 297 g/mol. The van der Waals surface area contributed by atoms with Crippen LogP contribution in [-0.2, 0) is 6.54 Å². The molecule has 0 bridgehead atoms. The fourth-order valence-corrected chi connectivity index (χ4v) is 1.92. The molecule has 22 heavy (non-hydrogen) atoms. The fraction of sp³-hybridized carbons (Fsp3) is 0.357. The van der Waals surface area contributed by atoms with E-state index in [9.17, 15) is 18.0 Å². The minimum absolute atomic E-state index is 0.187. The summed E-state index contributed by atoms with van der Waals surface area (Å²) in [6, 6.07) is 5.82. The number of fused-ring (bicyclic) bond motifs is 1. The van der Waals surface area contributed by atoms with Crippen molar-refractivity contribution in [2.24, 2.45) is 5.84 Å². The van der Waals surface area contributed by atoms with Crippen LogP contribution in [0.25, 0.3) is 10.9 Å². The lowest BCUT2D eigenvalue weighted by molar-refractivity contribution is -0.140. The van der Waals surface area contributed by atoms with Crippen LogP contribution in [0.3, 0.4) is 0 Å². The number of carbonyl (C=O) groups is 1. The second kappa shape index (κ2) is 7.17. The molecule has 0 spiro atoms. The monoisotopic (exact) mass is 316 g/mol. The number of anilines is 1. The highest BCUT2D eigenvalue weighted by Crippen LogP contribution is 2.28. The lowest BCUT2D eigenvalue weighted by Crippen LogP contribution is -2.33. The molecule has 122 valence electrons. The summed E-state index contributed by atoms with van der Waals surface area (Å²) >= 11 is 0. The van der Waals surface area contributed by atoms with Crippen molar-refractivity contribution >= 4 is 22.5 Å². The smallest absolute Gasteiger partial charge is 0.398 e. The summed E-state index contributed by atoms with van der Waals surface area (Å²) in [5, 5.41) is 0.380. The summed E-state index contributed by atoms with van der Waals surface area (Å²) in [5.74, 6) is 4.17. The zero-order valence-corrected chi connectivity index (χ0v) is 12.4. The molecule has 1 aromatic heterocycles. The molecule has 2 aromatic rings. The maximum atomic E-state index is 12.6. The number of alkyl halides is 3. The quantitative estimate of drug-likeness (QED) is 0.345. The third-order valence-corrected chi connectivity index (χ3v) is 2.68. The zero-order valence-electron chi connectivity index (χ0n) is 12.4. The number of hydrazine groups is 1. The molecule has 0 aliphatic rings. The highest BCUT2D eigenvalue weighted by Gasteiger charge is 2.31. The van der Waals surface area contributed by atoms with Crippen molar-refractivity contribution in [2.75, 3.05) is 5.73 Å². The number of rotatable bonds is 2. The summed E-state index contributed by atoms with van der Waals surface area (Å²) in [5.41, 5.74) is 7.85. The van der Waals surface area contributed by atoms with Gasteiger partial charge in [-0.25, -0.2) is 5.84 Å². The third-order valence-electron chi connectivity index (χ3n) is 2.68. The number of amides is 1. The normalized spacial score (nSPS) is 11.0. The molecule has 1 heterocycles. The van der Waals surface area contributed by atoms with Crippen LogP contribution < -0.4 is 17.0 Å². The van der Waals surface area contributed by atoms with Gasteiger partial charge in [-0.05, 0) is 18.2 Å². The Morgan fingerprint density at radius 1 is 1.32 bits per heavy atom. The molecule has 0 unspecified atom stereocenters. The van der Waals surface area contributed by atoms with E-state index in [1.165, 1.54) is 24.6 Å². The minimum atomic E-state index is -4.46. The van der Waals surface area contributed by atoms with Gasteiger partial charge in [-0.2, -0.15) is 13.2 Å². The molecule has 0 aliphatic carbocycles. The maximum absolute atomic E-state index is 12.6. The lowest BCUT2D eigenvalue weighted by Gasteiger charge is -2.12. The van der Waals surface area contributed by atoms with Crippen LogP contribution in [0.1, 0.15) is 30.8 Å². The van der Waals surface area contributed by atoms with Gasteiger partial charge in [-0.1, -0.05) is 26.3 Å². The second-order valence-corrected chi connectivity index (χ2v) is 4.69. The van der Waals surface area contributed by atoms with Gasteiger partial charge in [0, 0.05) is 11.1 Å². The highest BCUT2D eigenvalue weighted by atomic mass is 19.4. The van der Waals surface area contributed by atoms with Crippen molar-refractivity contribution in [1.29, 1.82) is 0 Å². The molecule has 0 atom stereocenters. The van der Waals surface area contributed by atoms with E-state index in [-0.39, 0.29) is 11.2 Å². The van der Waals surface area contributed by atoms with Gasteiger partial charge in [0.05, 0.1) is 5.52 Å². The first-order valence-corrected chi connectivity index (χ1v) is 6.70. The van der Waals surface area contributed by atoms with E-state index in [1.54, 1.807) is 6.07 Å². The standard InChI is InChI=1S/C11H11F3N4O.C3H8/c12-11(13,14)5-18-8-3-1-2-7(15)6(8)4-9(18)10(19)17-16;1-3-2/h1-4H,5,15-16H2,(H,17,19);3H2,1-2H3. The van der Waals surface area contributed by atoms with E-state index in [4.69, 9.17) is 11.6 Å². The number of halogens is 3. The predicted octanol–water partition coefficient (Wildman–Crippen LogP) is 2.81. The number of hydrogen-bond acceptors (Lipinski definition) is 3. The Kier molecular flexibility index (Phi) is 5.81. The molecule has 0 saturated carbocycles. The summed E-state index contributed by atoms with van der Waals surface area (Å²) in [4.78, 5) is 11.5. The Labute approximate surface area is 126 Å². The lowest BCUT2D eigenvalue weighted by atomic mass is 10.2. The van der Waals surface area contributed by atoms with Crippen LogP contribution in [0.2, 0.25) is 0 Å². The number of carbonyl (C=O) groups excluding carboxylic acids is 1. The van der Waals surface area contributed by atoms with E-state index in [0.717, 1.165) is 4.57 Å². The zero-order chi connectivity index (χ0) is 16.9. The largest absolute Gasteiger partial charge is 0.406 e. The van der Waals surface area contributed by atoms with Crippen LogP contribution in [0.5, 0.6) is 0 Å². The Balaban J connectivity index is 0.000000745. The first kappa shape index (κ1) is 17.8. The summed E-state index contributed by atoms with van der Waals surface area (Å²) < 4.78 is 38.6. The van der Waals surface area contributed by atoms with Gasteiger partial charge in [0.2, 0.25) is 0 Å². The highest BCUT2D eigenvalue weighted by molar-refractivity contribution is 6.01. The Bertz CT molecular complexity index is 649. The second-order valence-electron chi connectivity index (χ2n) is 4.69. The van der Waals surface area contributed by atoms with Crippen LogP contribution in [0.15, 0.2) is 24.3 Å². The van der Waals surface area contributed by atoms with E-state index in [1.807, 2.05) is 5.43 Å². The molecule has 8 heteroatoms. The van der Waals surface area contributed by atoms with E-state index in [2.05, 4.69) is 13.8 Å². The summed E-state index contributed by atoms with van der Waals surface area (Å²) in [7, 11) is 0. The van der Waals surface area contributed by atoms with E-state index < -0.39 is 18.6 Å². The number of nitrogens with two attached hydrogens (primary N) is 2. The van der Waals surface area contributed by atoms with Gasteiger partial charge in [0.1, 0.15) is 12.2 Å². The minimum Gasteiger partial charge on any atom is -0.398 e. The van der Waals surface area contributed by atoms with Crippen LogP contribution in [0, 0.1) is 0 Å². The van der Waals surface area contributed by atoms with E-state index >= 15 is 0 Å². The third kappa shape index (κ3) is 4.14. The molecule has 0 aliphatic heterocycles. The van der Waals surface area contributed by atoms with Crippen molar-refractivity contribution in [3.8, 4) is 0 Å². The molecule has 2 rings (SSSR count). The molecule has 0 fully saturated rings. The number of nitrogens with one attached hydrogen (secondary N) is 1. The molecule has 1 amide bonds.